The number of aromatic amines is 1. The minimum absolute atomic E-state index is 0.0584. The molecule has 0 spiro atoms. The van der Waals surface area contributed by atoms with Crippen LogP contribution in [-0.4, -0.2) is 50.7 Å². The summed E-state index contributed by atoms with van der Waals surface area (Å²) in [5.41, 5.74) is 7.19. The van der Waals surface area contributed by atoms with Crippen LogP contribution in [0.15, 0.2) is 65.8 Å². The number of carbonyl (C=O) groups excluding carboxylic acids is 1. The molecule has 5 N–H and O–H groups in total. The second-order valence-corrected chi connectivity index (χ2v) is 9.46. The first kappa shape index (κ1) is 24.1. The third kappa shape index (κ3) is 5.31. The Morgan fingerprint density at radius 3 is 2.81 bits per heavy atom. The van der Waals surface area contributed by atoms with E-state index in [0.29, 0.717) is 25.8 Å². The number of aryl methyl sites for hydroxylation is 1. The van der Waals surface area contributed by atoms with Gasteiger partial charge in [-0.15, -0.1) is 0 Å². The molecule has 0 saturated carbocycles. The van der Waals surface area contributed by atoms with E-state index in [9.17, 15) is 15.0 Å². The lowest BCUT2D eigenvalue weighted by Gasteiger charge is -2.20. The predicted octanol–water partition coefficient (Wildman–Crippen LogP) is 3.02. The maximum Gasteiger partial charge on any atom is 0.240 e. The number of amides is 1. The summed E-state index contributed by atoms with van der Waals surface area (Å²) in [6, 6.07) is 20.0. The predicted molar refractivity (Wildman–Crippen MR) is 141 cm³/mol. The van der Waals surface area contributed by atoms with Crippen LogP contribution >= 0.6 is 0 Å². The lowest BCUT2D eigenvalue weighted by molar-refractivity contribution is -0.121. The number of fused-ring (bicyclic) bond motifs is 2. The summed E-state index contributed by atoms with van der Waals surface area (Å²) in [5, 5.41) is 30.5. The van der Waals surface area contributed by atoms with E-state index in [0.717, 1.165) is 50.9 Å². The molecule has 1 amide bonds. The highest BCUT2D eigenvalue weighted by molar-refractivity contribution is 6.07. The highest BCUT2D eigenvalue weighted by Gasteiger charge is 2.22. The second kappa shape index (κ2) is 10.6. The molecule has 8 heteroatoms. The van der Waals surface area contributed by atoms with E-state index in [2.05, 4.69) is 20.8 Å². The molecular weight excluding hydrogens is 454 g/mol. The van der Waals surface area contributed by atoms with Crippen LogP contribution in [0.5, 0.6) is 0 Å². The van der Waals surface area contributed by atoms with Crippen LogP contribution in [0.25, 0.3) is 21.8 Å². The summed E-state index contributed by atoms with van der Waals surface area (Å²) < 4.78 is 0. The van der Waals surface area contributed by atoms with Crippen molar-refractivity contribution in [2.45, 2.75) is 44.9 Å². The lowest BCUT2D eigenvalue weighted by Crippen LogP contribution is -2.41. The lowest BCUT2D eigenvalue weighted by atomic mass is 9.94. The molecule has 3 atom stereocenters. The number of benzene rings is 3. The van der Waals surface area contributed by atoms with E-state index < -0.39 is 12.3 Å². The molecule has 0 saturated heterocycles. The highest BCUT2D eigenvalue weighted by atomic mass is 16.3. The third-order valence-corrected chi connectivity index (χ3v) is 6.70. The average Bonchev–Trinajstić information content (AvgIpc) is 3.29. The first-order chi connectivity index (χ1) is 17.5. The fourth-order valence-electron chi connectivity index (χ4n) is 4.79. The van der Waals surface area contributed by atoms with Gasteiger partial charge >= 0.3 is 0 Å². The van der Waals surface area contributed by atoms with E-state index >= 15 is 0 Å². The van der Waals surface area contributed by atoms with Gasteiger partial charge in [0.05, 0.1) is 22.8 Å². The van der Waals surface area contributed by atoms with Crippen molar-refractivity contribution >= 4 is 33.4 Å². The van der Waals surface area contributed by atoms with Gasteiger partial charge in [0.25, 0.3) is 0 Å². The molecule has 0 fully saturated rings. The Hall–Kier alpha value is -3.59. The molecule has 3 aromatic carbocycles. The van der Waals surface area contributed by atoms with Gasteiger partial charge in [-0.1, -0.05) is 55.5 Å². The Bertz CT molecular complexity index is 1410. The number of aliphatic hydroxyl groups excluding tert-OH is 2. The molecular formula is C28H31N5O3. The van der Waals surface area contributed by atoms with Gasteiger partial charge in [0.15, 0.2) is 0 Å². The number of hydrogen-bond donors (Lipinski definition) is 5. The first-order valence-electron chi connectivity index (χ1n) is 12.4. The number of aromatic nitrogens is 2. The van der Waals surface area contributed by atoms with E-state index in [-0.39, 0.29) is 11.8 Å². The van der Waals surface area contributed by atoms with E-state index in [1.165, 1.54) is 0 Å². The smallest absolute Gasteiger partial charge is 0.240 e. The molecule has 8 nitrogen and oxygen atoms in total. The SMILES string of the molecule is CC1CC(=O)NN=C1c1ccc2[nH]c(CCCNC(O)C(O)Cc3cccc4ccccc34)nc2c1. The van der Waals surface area contributed by atoms with Gasteiger partial charge in [0.2, 0.25) is 5.91 Å². The molecule has 1 aromatic heterocycles. The van der Waals surface area contributed by atoms with Gasteiger partial charge in [-0.3, -0.25) is 10.1 Å². The molecule has 4 aromatic rings. The number of nitrogens with zero attached hydrogens (tertiary/aromatic N) is 2. The molecule has 1 aliphatic heterocycles. The summed E-state index contributed by atoms with van der Waals surface area (Å²) in [4.78, 5) is 19.6. The van der Waals surface area contributed by atoms with Crippen LogP contribution in [0.3, 0.4) is 0 Å². The molecule has 2 heterocycles. The zero-order valence-electron chi connectivity index (χ0n) is 20.2. The van der Waals surface area contributed by atoms with Crippen molar-refractivity contribution in [1.82, 2.24) is 20.7 Å². The van der Waals surface area contributed by atoms with Crippen LogP contribution in [0, 0.1) is 5.92 Å². The molecule has 5 rings (SSSR count). The number of carbonyl (C=O) groups is 1. The highest BCUT2D eigenvalue weighted by Crippen LogP contribution is 2.22. The van der Waals surface area contributed by atoms with Gasteiger partial charge < -0.3 is 15.2 Å². The average molecular weight is 486 g/mol. The van der Waals surface area contributed by atoms with Crippen molar-refractivity contribution in [1.29, 1.82) is 0 Å². The summed E-state index contributed by atoms with van der Waals surface area (Å²) in [5.74, 6) is 0.860. The van der Waals surface area contributed by atoms with Gasteiger partial charge in [-0.05, 0) is 41.4 Å². The van der Waals surface area contributed by atoms with Gasteiger partial charge in [-0.2, -0.15) is 5.10 Å². The van der Waals surface area contributed by atoms with Gasteiger partial charge in [0, 0.05) is 30.7 Å². The standard InChI is InChI=1S/C28H31N5O3/c1-17-14-26(35)32-33-27(17)20-11-12-22-23(15-20)31-25(30-22)10-5-13-29-28(36)24(34)16-19-8-4-7-18-6-2-3-9-21(18)19/h2-4,6-9,11-12,15,17,24,28-29,34,36H,5,10,13-14,16H2,1H3,(H,30,31)(H,32,35). The molecule has 36 heavy (non-hydrogen) atoms. The number of imidazole rings is 1. The Labute approximate surface area is 209 Å². The summed E-state index contributed by atoms with van der Waals surface area (Å²) >= 11 is 0. The van der Waals surface area contributed by atoms with Crippen LogP contribution in [0.1, 0.15) is 36.7 Å². The zero-order chi connectivity index (χ0) is 25.1. The Kier molecular flexibility index (Phi) is 7.09. The first-order valence-corrected chi connectivity index (χ1v) is 12.4. The van der Waals surface area contributed by atoms with E-state index in [1.807, 2.05) is 67.6 Å². The minimum Gasteiger partial charge on any atom is -0.389 e. The normalized spacial score (nSPS) is 17.7. The van der Waals surface area contributed by atoms with E-state index in [4.69, 9.17) is 4.98 Å². The van der Waals surface area contributed by atoms with E-state index in [1.54, 1.807) is 0 Å². The van der Waals surface area contributed by atoms with Gasteiger partial charge in [-0.25, -0.2) is 10.4 Å². The summed E-state index contributed by atoms with van der Waals surface area (Å²) in [6.07, 6.45) is 0.334. The van der Waals surface area contributed by atoms with Crippen molar-refractivity contribution in [3.8, 4) is 0 Å². The monoisotopic (exact) mass is 485 g/mol. The van der Waals surface area contributed by atoms with Crippen LogP contribution in [-0.2, 0) is 17.6 Å². The number of aliphatic hydroxyl groups is 2. The summed E-state index contributed by atoms with van der Waals surface area (Å²) in [7, 11) is 0. The van der Waals surface area contributed by atoms with Crippen molar-refractivity contribution < 1.29 is 15.0 Å². The molecule has 0 aliphatic carbocycles. The van der Waals surface area contributed by atoms with Gasteiger partial charge in [0.1, 0.15) is 12.1 Å². The molecule has 3 unspecified atom stereocenters. The third-order valence-electron chi connectivity index (χ3n) is 6.70. The minimum atomic E-state index is -1.01. The Morgan fingerprint density at radius 2 is 1.94 bits per heavy atom. The molecule has 0 radical (unpaired) electrons. The van der Waals surface area contributed by atoms with Crippen molar-refractivity contribution in [2.24, 2.45) is 11.0 Å². The quantitative estimate of drug-likeness (QED) is 0.184. The van der Waals surface area contributed by atoms with Crippen LogP contribution < -0.4 is 10.7 Å². The fraction of sp³-hybridized carbons (Fsp3) is 0.321. The van der Waals surface area contributed by atoms with Crippen molar-refractivity contribution in [3.63, 3.8) is 0 Å². The van der Waals surface area contributed by atoms with Crippen molar-refractivity contribution in [2.75, 3.05) is 6.54 Å². The molecule has 1 aliphatic rings. The maximum atomic E-state index is 11.5. The largest absolute Gasteiger partial charge is 0.389 e. The fourth-order valence-corrected chi connectivity index (χ4v) is 4.79. The topological polar surface area (TPSA) is 123 Å². The molecule has 186 valence electrons. The van der Waals surface area contributed by atoms with Crippen molar-refractivity contribution in [3.05, 3.63) is 77.6 Å². The zero-order valence-corrected chi connectivity index (χ0v) is 20.2. The Balaban J connectivity index is 1.14. The van der Waals surface area contributed by atoms with Crippen LogP contribution in [0.4, 0.5) is 0 Å². The summed E-state index contributed by atoms with van der Waals surface area (Å²) in [6.45, 7) is 2.54. The molecule has 0 bridgehead atoms. The number of H-pyrrole nitrogens is 1. The number of hydrogen-bond acceptors (Lipinski definition) is 6. The maximum absolute atomic E-state index is 11.5. The second-order valence-electron chi connectivity index (χ2n) is 9.46. The Morgan fingerprint density at radius 1 is 1.11 bits per heavy atom. The number of rotatable bonds is 9. The number of nitrogens with one attached hydrogen (secondary N) is 3. The number of hydrazone groups is 1. The van der Waals surface area contributed by atoms with Crippen LogP contribution in [0.2, 0.25) is 0 Å².